The zero-order valence-corrected chi connectivity index (χ0v) is 13.5. The van der Waals surface area contributed by atoms with Crippen LogP contribution >= 0.6 is 0 Å². The van der Waals surface area contributed by atoms with E-state index >= 15 is 0 Å². The molecule has 0 N–H and O–H groups in total. The van der Waals surface area contributed by atoms with Crippen molar-refractivity contribution >= 4 is 29.0 Å². The lowest BCUT2D eigenvalue weighted by Gasteiger charge is -2.06. The Hall–Kier alpha value is -3.14. The van der Waals surface area contributed by atoms with Gasteiger partial charge in [-0.2, -0.15) is 0 Å². The SMILES string of the molecule is COc1ccccc1C=Cc1ccc2cccc(OC(C)=O)c2n1. The maximum Gasteiger partial charge on any atom is 0.308 e. The molecule has 0 aliphatic rings. The van der Waals surface area contributed by atoms with Gasteiger partial charge in [-0.15, -0.1) is 0 Å². The summed E-state index contributed by atoms with van der Waals surface area (Å²) in [5, 5.41) is 0.920. The summed E-state index contributed by atoms with van der Waals surface area (Å²) >= 11 is 0. The molecule has 0 saturated carbocycles. The highest BCUT2D eigenvalue weighted by molar-refractivity contribution is 5.88. The number of aromatic nitrogens is 1. The number of hydrogen-bond acceptors (Lipinski definition) is 4. The normalized spacial score (nSPS) is 10.9. The molecule has 2 aromatic carbocycles. The number of methoxy groups -OCH3 is 1. The van der Waals surface area contributed by atoms with Crippen molar-refractivity contribution in [2.24, 2.45) is 0 Å². The Bertz CT molecular complexity index is 916. The number of rotatable bonds is 4. The molecular formula is C20H17NO3. The second-order valence-electron chi connectivity index (χ2n) is 5.23. The van der Waals surface area contributed by atoms with Crippen molar-refractivity contribution in [3.63, 3.8) is 0 Å². The van der Waals surface area contributed by atoms with Crippen LogP contribution in [0.3, 0.4) is 0 Å². The zero-order chi connectivity index (χ0) is 16.9. The van der Waals surface area contributed by atoms with E-state index in [1.165, 1.54) is 6.92 Å². The molecular weight excluding hydrogens is 302 g/mol. The summed E-state index contributed by atoms with van der Waals surface area (Å²) in [4.78, 5) is 15.8. The molecule has 120 valence electrons. The minimum atomic E-state index is -0.362. The number of fused-ring (bicyclic) bond motifs is 1. The number of ether oxygens (including phenoxy) is 2. The van der Waals surface area contributed by atoms with Crippen molar-refractivity contribution in [3.8, 4) is 11.5 Å². The van der Waals surface area contributed by atoms with E-state index in [1.54, 1.807) is 13.2 Å². The van der Waals surface area contributed by atoms with Gasteiger partial charge in [0.15, 0.2) is 5.75 Å². The van der Waals surface area contributed by atoms with Crippen molar-refractivity contribution in [3.05, 3.63) is 65.9 Å². The van der Waals surface area contributed by atoms with Gasteiger partial charge in [0.25, 0.3) is 0 Å². The van der Waals surface area contributed by atoms with E-state index < -0.39 is 0 Å². The van der Waals surface area contributed by atoms with Crippen LogP contribution in [0.4, 0.5) is 0 Å². The largest absolute Gasteiger partial charge is 0.496 e. The molecule has 0 atom stereocenters. The van der Waals surface area contributed by atoms with E-state index in [0.29, 0.717) is 11.3 Å². The molecule has 0 aliphatic heterocycles. The number of carbonyl (C=O) groups is 1. The third kappa shape index (κ3) is 3.43. The van der Waals surface area contributed by atoms with Gasteiger partial charge >= 0.3 is 5.97 Å². The van der Waals surface area contributed by atoms with E-state index in [9.17, 15) is 4.79 Å². The van der Waals surface area contributed by atoms with Gasteiger partial charge in [-0.1, -0.05) is 36.4 Å². The van der Waals surface area contributed by atoms with Crippen LogP contribution < -0.4 is 9.47 Å². The summed E-state index contributed by atoms with van der Waals surface area (Å²) in [7, 11) is 1.65. The Morgan fingerprint density at radius 1 is 0.958 bits per heavy atom. The Kier molecular flexibility index (Phi) is 4.57. The molecule has 4 nitrogen and oxygen atoms in total. The fraction of sp³-hybridized carbons (Fsp3) is 0.100. The van der Waals surface area contributed by atoms with Crippen LogP contribution in [0.15, 0.2) is 54.6 Å². The van der Waals surface area contributed by atoms with Crippen molar-refractivity contribution < 1.29 is 14.3 Å². The van der Waals surface area contributed by atoms with Crippen molar-refractivity contribution in [2.75, 3.05) is 7.11 Å². The molecule has 3 rings (SSSR count). The Labute approximate surface area is 140 Å². The van der Waals surface area contributed by atoms with Crippen LogP contribution in [-0.4, -0.2) is 18.1 Å². The second kappa shape index (κ2) is 6.96. The first-order valence-electron chi connectivity index (χ1n) is 7.56. The third-order valence-corrected chi connectivity index (χ3v) is 3.53. The molecule has 0 saturated heterocycles. The van der Waals surface area contributed by atoms with Crippen molar-refractivity contribution in [1.82, 2.24) is 4.98 Å². The lowest BCUT2D eigenvalue weighted by Crippen LogP contribution is -2.02. The second-order valence-corrected chi connectivity index (χ2v) is 5.23. The minimum absolute atomic E-state index is 0.362. The highest BCUT2D eigenvalue weighted by Crippen LogP contribution is 2.25. The Morgan fingerprint density at radius 3 is 2.54 bits per heavy atom. The van der Waals surface area contributed by atoms with Gasteiger partial charge in [0.05, 0.1) is 12.8 Å². The van der Waals surface area contributed by atoms with E-state index in [-0.39, 0.29) is 5.97 Å². The average molecular weight is 319 g/mol. The van der Waals surface area contributed by atoms with Gasteiger partial charge in [-0.25, -0.2) is 4.98 Å². The maximum absolute atomic E-state index is 11.2. The first kappa shape index (κ1) is 15.7. The van der Waals surface area contributed by atoms with E-state index in [4.69, 9.17) is 9.47 Å². The van der Waals surface area contributed by atoms with E-state index in [1.807, 2.05) is 60.7 Å². The van der Waals surface area contributed by atoms with Crippen LogP contribution in [0, 0.1) is 0 Å². The number of benzene rings is 2. The number of pyridine rings is 1. The van der Waals surface area contributed by atoms with Gasteiger partial charge in [0.2, 0.25) is 0 Å². The van der Waals surface area contributed by atoms with Crippen LogP contribution in [-0.2, 0) is 4.79 Å². The van der Waals surface area contributed by atoms with Gasteiger partial charge in [0.1, 0.15) is 11.3 Å². The first-order chi connectivity index (χ1) is 11.7. The molecule has 0 aliphatic carbocycles. The standard InChI is InChI=1S/C20H17NO3/c1-14(22)24-19-9-5-7-16-11-13-17(21-20(16)19)12-10-15-6-3-4-8-18(15)23-2/h3-13H,1-2H3. The third-order valence-electron chi connectivity index (χ3n) is 3.53. The van der Waals surface area contributed by atoms with Crippen LogP contribution in [0.25, 0.3) is 23.1 Å². The molecule has 3 aromatic rings. The molecule has 4 heteroatoms. The minimum Gasteiger partial charge on any atom is -0.496 e. The molecule has 0 bridgehead atoms. The lowest BCUT2D eigenvalue weighted by molar-refractivity contribution is -0.131. The molecule has 1 aromatic heterocycles. The molecule has 24 heavy (non-hydrogen) atoms. The zero-order valence-electron chi connectivity index (χ0n) is 13.5. The Morgan fingerprint density at radius 2 is 1.75 bits per heavy atom. The summed E-state index contributed by atoms with van der Waals surface area (Å²) in [6, 6.07) is 17.2. The number of esters is 1. The molecule has 0 fully saturated rings. The predicted molar refractivity (Wildman–Crippen MR) is 95.0 cm³/mol. The summed E-state index contributed by atoms with van der Waals surface area (Å²) in [5.74, 6) is 0.905. The first-order valence-corrected chi connectivity index (χ1v) is 7.56. The van der Waals surface area contributed by atoms with Crippen LogP contribution in [0.5, 0.6) is 11.5 Å². The summed E-state index contributed by atoms with van der Waals surface area (Å²) < 4.78 is 10.6. The van der Waals surface area contributed by atoms with Crippen molar-refractivity contribution in [2.45, 2.75) is 6.92 Å². The molecule has 1 heterocycles. The molecule has 0 radical (unpaired) electrons. The summed E-state index contributed by atoms with van der Waals surface area (Å²) in [6.45, 7) is 1.38. The van der Waals surface area contributed by atoms with Gasteiger partial charge < -0.3 is 9.47 Å². The van der Waals surface area contributed by atoms with E-state index in [0.717, 1.165) is 22.4 Å². The van der Waals surface area contributed by atoms with Crippen molar-refractivity contribution in [1.29, 1.82) is 0 Å². The summed E-state index contributed by atoms with van der Waals surface area (Å²) in [6.07, 6.45) is 3.85. The van der Waals surface area contributed by atoms with E-state index in [2.05, 4.69) is 4.98 Å². The van der Waals surface area contributed by atoms with Crippen LogP contribution in [0.2, 0.25) is 0 Å². The van der Waals surface area contributed by atoms with Gasteiger partial charge in [-0.05, 0) is 30.4 Å². The monoisotopic (exact) mass is 319 g/mol. The average Bonchev–Trinajstić information content (AvgIpc) is 2.60. The maximum atomic E-state index is 11.2. The predicted octanol–water partition coefficient (Wildman–Crippen LogP) is 4.34. The molecule has 0 spiro atoms. The number of hydrogen-bond donors (Lipinski definition) is 0. The topological polar surface area (TPSA) is 48.4 Å². The number of nitrogens with zero attached hydrogens (tertiary/aromatic N) is 1. The highest BCUT2D eigenvalue weighted by Gasteiger charge is 2.06. The highest BCUT2D eigenvalue weighted by atomic mass is 16.5. The smallest absolute Gasteiger partial charge is 0.308 e. The number of para-hydroxylation sites is 2. The quantitative estimate of drug-likeness (QED) is 0.530. The fourth-order valence-corrected chi connectivity index (χ4v) is 2.44. The van der Waals surface area contributed by atoms with Crippen LogP contribution in [0.1, 0.15) is 18.2 Å². The molecule has 0 amide bonds. The number of carbonyl (C=O) groups excluding carboxylic acids is 1. The van der Waals surface area contributed by atoms with Gasteiger partial charge in [-0.3, -0.25) is 4.79 Å². The van der Waals surface area contributed by atoms with Gasteiger partial charge in [0, 0.05) is 17.9 Å². The molecule has 0 unspecified atom stereocenters. The Balaban J connectivity index is 1.98. The fourth-order valence-electron chi connectivity index (χ4n) is 2.44. The lowest BCUT2D eigenvalue weighted by atomic mass is 10.1. The summed E-state index contributed by atoms with van der Waals surface area (Å²) in [5.41, 5.74) is 2.40.